The summed E-state index contributed by atoms with van der Waals surface area (Å²) in [5.41, 5.74) is 1.65. The molecule has 1 aliphatic rings. The number of pyridine rings is 1. The number of aryl methyl sites for hydroxylation is 3. The van der Waals surface area contributed by atoms with Gasteiger partial charge in [0.05, 0.1) is 27.8 Å². The van der Waals surface area contributed by atoms with Crippen LogP contribution < -0.4 is 0 Å². The van der Waals surface area contributed by atoms with Crippen molar-refractivity contribution in [1.82, 2.24) is 15.0 Å². The summed E-state index contributed by atoms with van der Waals surface area (Å²) < 4.78 is 10.9. The summed E-state index contributed by atoms with van der Waals surface area (Å²) in [6.45, 7) is 7.64. The van der Waals surface area contributed by atoms with Crippen molar-refractivity contribution in [3.05, 3.63) is 34.9 Å². The number of carbonyl (C=O) groups excluding carboxylic acids is 1. The monoisotopic (exact) mass is 383 g/mol. The van der Waals surface area contributed by atoms with Gasteiger partial charge >= 0.3 is 5.97 Å². The molecule has 3 aromatic rings. The lowest BCUT2D eigenvalue weighted by Crippen LogP contribution is -2.35. The molecule has 0 aromatic carbocycles. The number of rotatable bonds is 3. The Balaban J connectivity index is 1.82. The maximum absolute atomic E-state index is 13.3. The summed E-state index contributed by atoms with van der Waals surface area (Å²) in [5.74, 6) is 0.295. The number of fused-ring (bicyclic) bond motifs is 1. The lowest BCUT2D eigenvalue weighted by molar-refractivity contribution is -0.147. The first-order valence-electron chi connectivity index (χ1n) is 9.07. The smallest absolute Gasteiger partial charge is 0.311 e. The van der Waals surface area contributed by atoms with Gasteiger partial charge in [0.2, 0.25) is 0 Å². The first-order valence-corrected chi connectivity index (χ1v) is 9.07. The number of hydrogen-bond acceptors (Lipinski definition) is 6. The fraction of sp³-hybridized carbons (Fsp3) is 0.400. The zero-order valence-electron chi connectivity index (χ0n) is 16.2. The Morgan fingerprint density at radius 3 is 2.61 bits per heavy atom. The van der Waals surface area contributed by atoms with E-state index in [1.165, 1.54) is 0 Å². The molecule has 1 saturated heterocycles. The molecule has 8 heteroatoms. The van der Waals surface area contributed by atoms with Gasteiger partial charge in [-0.25, -0.2) is 4.98 Å². The number of carboxylic acids is 1. The van der Waals surface area contributed by atoms with Crippen LogP contribution in [0.15, 0.2) is 21.1 Å². The summed E-state index contributed by atoms with van der Waals surface area (Å²) in [5, 5.41) is 14.0. The number of amides is 1. The zero-order valence-corrected chi connectivity index (χ0v) is 16.2. The Morgan fingerprint density at radius 1 is 1.25 bits per heavy atom. The predicted octanol–water partition coefficient (Wildman–Crippen LogP) is 3.34. The highest BCUT2D eigenvalue weighted by molar-refractivity contribution is 6.07. The van der Waals surface area contributed by atoms with E-state index in [-0.39, 0.29) is 18.2 Å². The molecular formula is C20H21N3O5. The second-order valence-electron chi connectivity index (χ2n) is 7.67. The van der Waals surface area contributed by atoms with Gasteiger partial charge in [0.15, 0.2) is 0 Å². The quantitative estimate of drug-likeness (QED) is 0.738. The number of hydrogen-bond donors (Lipinski definition) is 1. The van der Waals surface area contributed by atoms with Crippen molar-refractivity contribution in [2.75, 3.05) is 13.1 Å². The molecule has 0 aliphatic carbocycles. The third-order valence-corrected chi connectivity index (χ3v) is 5.44. The Bertz CT molecular complexity index is 1110. The minimum atomic E-state index is -0.938. The fourth-order valence-electron chi connectivity index (χ4n) is 3.77. The second kappa shape index (κ2) is 6.19. The van der Waals surface area contributed by atoms with Gasteiger partial charge in [-0.2, -0.15) is 0 Å². The standard InChI is InChI=1S/C20H21N3O5/c1-10-7-13(12(3)27-10)15-8-14(16-11(2)22-28-17(16)21-15)18(24)23-6-5-20(4,9-23)19(25)26/h7-8H,5-6,9H2,1-4H3,(H,25,26). The van der Waals surface area contributed by atoms with Crippen molar-refractivity contribution in [2.45, 2.75) is 34.1 Å². The number of nitrogens with zero attached hydrogens (tertiary/aromatic N) is 3. The summed E-state index contributed by atoms with van der Waals surface area (Å²) in [7, 11) is 0. The van der Waals surface area contributed by atoms with Crippen molar-refractivity contribution in [1.29, 1.82) is 0 Å². The highest BCUT2D eigenvalue weighted by Crippen LogP contribution is 2.34. The molecule has 1 amide bonds. The Morgan fingerprint density at radius 2 is 2.00 bits per heavy atom. The van der Waals surface area contributed by atoms with Crippen molar-refractivity contribution in [3.8, 4) is 11.3 Å². The third kappa shape index (κ3) is 2.76. The van der Waals surface area contributed by atoms with Crippen LogP contribution in [0.5, 0.6) is 0 Å². The lowest BCUT2D eigenvalue weighted by atomic mass is 9.90. The SMILES string of the molecule is Cc1cc(-c2cc(C(=O)N3CCC(C)(C(=O)O)C3)c3c(C)noc3n2)c(C)o1. The number of aromatic nitrogens is 2. The van der Waals surface area contributed by atoms with Gasteiger partial charge in [-0.05, 0) is 46.2 Å². The summed E-state index contributed by atoms with van der Waals surface area (Å²) in [6.07, 6.45) is 0.414. The van der Waals surface area contributed by atoms with Crippen molar-refractivity contribution >= 4 is 23.0 Å². The number of carboxylic acid groups (broad SMARTS) is 1. The number of carbonyl (C=O) groups is 2. The minimum Gasteiger partial charge on any atom is -0.481 e. The van der Waals surface area contributed by atoms with Crippen LogP contribution in [0.1, 0.15) is 40.9 Å². The highest BCUT2D eigenvalue weighted by atomic mass is 16.5. The Hall–Kier alpha value is -3.16. The molecule has 28 heavy (non-hydrogen) atoms. The zero-order chi connectivity index (χ0) is 20.2. The van der Waals surface area contributed by atoms with Gasteiger partial charge < -0.3 is 18.9 Å². The highest BCUT2D eigenvalue weighted by Gasteiger charge is 2.42. The van der Waals surface area contributed by atoms with Crippen LogP contribution >= 0.6 is 0 Å². The average molecular weight is 383 g/mol. The van der Waals surface area contributed by atoms with Crippen molar-refractivity contribution in [3.63, 3.8) is 0 Å². The molecule has 0 bridgehead atoms. The van der Waals surface area contributed by atoms with Gasteiger partial charge in [-0.15, -0.1) is 0 Å². The van der Waals surface area contributed by atoms with Crippen LogP contribution in [-0.4, -0.2) is 45.1 Å². The van der Waals surface area contributed by atoms with E-state index >= 15 is 0 Å². The molecule has 0 saturated carbocycles. The molecule has 0 spiro atoms. The van der Waals surface area contributed by atoms with E-state index in [1.54, 1.807) is 24.8 Å². The molecule has 8 nitrogen and oxygen atoms in total. The maximum atomic E-state index is 13.3. The molecule has 1 atom stereocenters. The molecular weight excluding hydrogens is 362 g/mol. The second-order valence-corrected chi connectivity index (χ2v) is 7.67. The third-order valence-electron chi connectivity index (χ3n) is 5.44. The number of furan rings is 1. The van der Waals surface area contributed by atoms with Crippen LogP contribution in [0.4, 0.5) is 0 Å². The molecule has 1 aliphatic heterocycles. The van der Waals surface area contributed by atoms with E-state index < -0.39 is 11.4 Å². The van der Waals surface area contributed by atoms with E-state index in [2.05, 4.69) is 10.1 Å². The molecule has 4 heterocycles. The topological polar surface area (TPSA) is 110 Å². The molecule has 1 unspecified atom stereocenters. The van der Waals surface area contributed by atoms with Crippen molar-refractivity contribution < 1.29 is 23.6 Å². The normalized spacial score (nSPS) is 19.5. The van der Waals surface area contributed by atoms with E-state index in [4.69, 9.17) is 8.94 Å². The maximum Gasteiger partial charge on any atom is 0.311 e. The van der Waals surface area contributed by atoms with E-state index in [0.29, 0.717) is 41.1 Å². The molecule has 146 valence electrons. The van der Waals surface area contributed by atoms with Crippen LogP contribution in [0, 0.1) is 26.2 Å². The summed E-state index contributed by atoms with van der Waals surface area (Å²) >= 11 is 0. The number of aliphatic carboxylic acids is 1. The van der Waals surface area contributed by atoms with Gasteiger partial charge in [-0.3, -0.25) is 9.59 Å². The molecule has 3 aromatic heterocycles. The molecule has 1 fully saturated rings. The first kappa shape index (κ1) is 18.2. The largest absolute Gasteiger partial charge is 0.481 e. The Kier molecular flexibility index (Phi) is 4.02. The van der Waals surface area contributed by atoms with E-state index in [9.17, 15) is 14.7 Å². The lowest BCUT2D eigenvalue weighted by Gasteiger charge is -2.20. The van der Waals surface area contributed by atoms with E-state index in [0.717, 1.165) is 11.3 Å². The van der Waals surface area contributed by atoms with Gasteiger partial charge in [0.1, 0.15) is 11.5 Å². The molecule has 1 N–H and O–H groups in total. The summed E-state index contributed by atoms with van der Waals surface area (Å²) in [6, 6.07) is 3.57. The van der Waals surface area contributed by atoms with Gasteiger partial charge in [0.25, 0.3) is 11.6 Å². The molecule has 4 rings (SSSR count). The minimum absolute atomic E-state index is 0.161. The first-order chi connectivity index (χ1) is 13.2. The van der Waals surface area contributed by atoms with Gasteiger partial charge in [0, 0.05) is 18.7 Å². The summed E-state index contributed by atoms with van der Waals surface area (Å²) in [4.78, 5) is 30.9. The molecule has 0 radical (unpaired) electrons. The fourth-order valence-corrected chi connectivity index (χ4v) is 3.77. The Labute approximate surface area is 161 Å². The average Bonchev–Trinajstić information content (AvgIpc) is 3.32. The number of likely N-dealkylation sites (tertiary alicyclic amines) is 1. The van der Waals surface area contributed by atoms with Crippen LogP contribution in [0.2, 0.25) is 0 Å². The predicted molar refractivity (Wildman–Crippen MR) is 100.0 cm³/mol. The van der Waals surface area contributed by atoms with Crippen LogP contribution in [0.3, 0.4) is 0 Å². The van der Waals surface area contributed by atoms with E-state index in [1.807, 2.05) is 19.9 Å². The van der Waals surface area contributed by atoms with Crippen LogP contribution in [-0.2, 0) is 4.79 Å². The van der Waals surface area contributed by atoms with Crippen LogP contribution in [0.25, 0.3) is 22.4 Å². The van der Waals surface area contributed by atoms with Crippen molar-refractivity contribution in [2.24, 2.45) is 5.41 Å². The van der Waals surface area contributed by atoms with Gasteiger partial charge in [-0.1, -0.05) is 5.16 Å².